The van der Waals surface area contributed by atoms with Crippen molar-refractivity contribution in [2.75, 3.05) is 17.2 Å². The molecule has 2 aromatic rings. The molecule has 0 heterocycles. The van der Waals surface area contributed by atoms with Gasteiger partial charge >= 0.3 is 0 Å². The quantitative estimate of drug-likeness (QED) is 0.834. The van der Waals surface area contributed by atoms with Crippen molar-refractivity contribution in [2.24, 2.45) is 0 Å². The third-order valence-corrected chi connectivity index (χ3v) is 2.95. The molecule has 0 unspecified atom stereocenters. The van der Waals surface area contributed by atoms with Crippen molar-refractivity contribution in [3.8, 4) is 0 Å². The Kier molecular flexibility index (Phi) is 4.83. The summed E-state index contributed by atoms with van der Waals surface area (Å²) in [7, 11) is 0. The highest BCUT2D eigenvalue weighted by Crippen LogP contribution is 2.13. The summed E-state index contributed by atoms with van der Waals surface area (Å²) in [4.78, 5) is 22.8. The molecule has 0 atom stereocenters. The fourth-order valence-corrected chi connectivity index (χ4v) is 1.78. The number of benzene rings is 2. The average molecular weight is 304 g/mol. The Hall–Kier alpha value is -2.76. The highest BCUT2D eigenvalue weighted by atomic mass is 19.2. The van der Waals surface area contributed by atoms with Crippen LogP contribution in [0.4, 0.5) is 20.2 Å². The number of hydrogen-bond acceptors (Lipinski definition) is 3. The van der Waals surface area contributed by atoms with Gasteiger partial charge in [0, 0.05) is 23.0 Å². The zero-order valence-electron chi connectivity index (χ0n) is 11.8. The first kappa shape index (κ1) is 15.6. The molecule has 22 heavy (non-hydrogen) atoms. The summed E-state index contributed by atoms with van der Waals surface area (Å²) in [6.07, 6.45) is 0. The summed E-state index contributed by atoms with van der Waals surface area (Å²) in [6, 6.07) is 9.80. The highest BCUT2D eigenvalue weighted by molar-refractivity contribution is 5.95. The van der Waals surface area contributed by atoms with Crippen LogP contribution < -0.4 is 10.6 Å². The fraction of sp³-hybridized carbons (Fsp3) is 0.125. The van der Waals surface area contributed by atoms with Crippen LogP contribution in [0.15, 0.2) is 42.5 Å². The molecule has 4 nitrogen and oxygen atoms in total. The second-order valence-electron chi connectivity index (χ2n) is 4.66. The normalized spacial score (nSPS) is 10.1. The third kappa shape index (κ3) is 4.12. The third-order valence-electron chi connectivity index (χ3n) is 2.95. The van der Waals surface area contributed by atoms with Gasteiger partial charge in [-0.2, -0.15) is 0 Å². The van der Waals surface area contributed by atoms with Crippen molar-refractivity contribution in [3.05, 3.63) is 59.7 Å². The van der Waals surface area contributed by atoms with E-state index in [2.05, 4.69) is 10.6 Å². The van der Waals surface area contributed by atoms with Gasteiger partial charge in [0.05, 0.1) is 6.54 Å². The van der Waals surface area contributed by atoms with Crippen LogP contribution in [0.1, 0.15) is 17.3 Å². The SMILES string of the molecule is CC(=O)c1ccc(NCC(=O)Nc2ccc(F)c(F)c2)cc1. The van der Waals surface area contributed by atoms with Crippen molar-refractivity contribution in [1.29, 1.82) is 0 Å². The van der Waals surface area contributed by atoms with Gasteiger partial charge in [0.15, 0.2) is 17.4 Å². The van der Waals surface area contributed by atoms with E-state index in [1.807, 2.05) is 0 Å². The first-order chi connectivity index (χ1) is 10.5. The van der Waals surface area contributed by atoms with Crippen LogP contribution in [-0.2, 0) is 4.79 Å². The van der Waals surface area contributed by atoms with Crippen LogP contribution in [0, 0.1) is 11.6 Å². The average Bonchev–Trinajstić information content (AvgIpc) is 2.49. The van der Waals surface area contributed by atoms with E-state index in [0.29, 0.717) is 11.3 Å². The molecule has 0 aliphatic rings. The summed E-state index contributed by atoms with van der Waals surface area (Å²) < 4.78 is 25.8. The summed E-state index contributed by atoms with van der Waals surface area (Å²) in [5.74, 6) is -2.43. The summed E-state index contributed by atoms with van der Waals surface area (Å²) >= 11 is 0. The summed E-state index contributed by atoms with van der Waals surface area (Å²) in [5, 5.41) is 5.31. The van der Waals surface area contributed by atoms with Gasteiger partial charge in [0.1, 0.15) is 0 Å². The molecule has 2 aromatic carbocycles. The van der Waals surface area contributed by atoms with Crippen LogP contribution in [0.5, 0.6) is 0 Å². The number of rotatable bonds is 5. The number of anilines is 2. The molecule has 2 N–H and O–H groups in total. The standard InChI is InChI=1S/C16H14F2N2O2/c1-10(21)11-2-4-12(5-3-11)19-9-16(22)20-13-6-7-14(17)15(18)8-13/h2-8,19H,9H2,1H3,(H,20,22). The van der Waals surface area contributed by atoms with E-state index in [0.717, 1.165) is 12.1 Å². The summed E-state index contributed by atoms with van der Waals surface area (Å²) in [6.45, 7) is 1.43. The van der Waals surface area contributed by atoms with Gasteiger partial charge in [0.25, 0.3) is 0 Å². The van der Waals surface area contributed by atoms with Gasteiger partial charge in [-0.1, -0.05) is 0 Å². The Balaban J connectivity index is 1.89. The smallest absolute Gasteiger partial charge is 0.243 e. The van der Waals surface area contributed by atoms with E-state index in [9.17, 15) is 18.4 Å². The molecule has 114 valence electrons. The number of ketones is 1. The lowest BCUT2D eigenvalue weighted by atomic mass is 10.1. The van der Waals surface area contributed by atoms with Crippen LogP contribution >= 0.6 is 0 Å². The predicted octanol–water partition coefficient (Wildman–Crippen LogP) is 3.22. The van der Waals surface area contributed by atoms with Crippen LogP contribution in [-0.4, -0.2) is 18.2 Å². The van der Waals surface area contributed by atoms with E-state index in [1.54, 1.807) is 24.3 Å². The molecule has 0 aromatic heterocycles. The number of hydrogen-bond donors (Lipinski definition) is 2. The van der Waals surface area contributed by atoms with Gasteiger partial charge in [-0.05, 0) is 43.3 Å². The number of amides is 1. The van der Waals surface area contributed by atoms with Crippen LogP contribution in [0.3, 0.4) is 0 Å². The molecule has 1 amide bonds. The molecule has 6 heteroatoms. The molecule has 0 fully saturated rings. The molecular weight excluding hydrogens is 290 g/mol. The van der Waals surface area contributed by atoms with Crippen molar-refractivity contribution >= 4 is 23.1 Å². The Morgan fingerprint density at radius 3 is 2.18 bits per heavy atom. The lowest BCUT2D eigenvalue weighted by Crippen LogP contribution is -2.21. The van der Waals surface area contributed by atoms with Crippen molar-refractivity contribution in [1.82, 2.24) is 0 Å². The number of halogens is 2. The van der Waals surface area contributed by atoms with E-state index >= 15 is 0 Å². The molecule has 0 spiro atoms. The fourth-order valence-electron chi connectivity index (χ4n) is 1.78. The van der Waals surface area contributed by atoms with E-state index in [4.69, 9.17) is 0 Å². The highest BCUT2D eigenvalue weighted by Gasteiger charge is 2.06. The largest absolute Gasteiger partial charge is 0.376 e. The summed E-state index contributed by atoms with van der Waals surface area (Å²) in [5.41, 5.74) is 1.43. The number of carbonyl (C=O) groups excluding carboxylic acids is 2. The molecule has 0 saturated carbocycles. The first-order valence-corrected chi connectivity index (χ1v) is 6.55. The molecule has 0 aliphatic carbocycles. The molecule has 0 radical (unpaired) electrons. The minimum Gasteiger partial charge on any atom is -0.376 e. The van der Waals surface area contributed by atoms with Crippen molar-refractivity contribution in [3.63, 3.8) is 0 Å². The molecule has 0 aliphatic heterocycles. The number of nitrogens with one attached hydrogen (secondary N) is 2. The minimum atomic E-state index is -1.02. The van der Waals surface area contributed by atoms with Gasteiger partial charge in [-0.15, -0.1) is 0 Å². The zero-order chi connectivity index (χ0) is 16.1. The molecule has 0 bridgehead atoms. The van der Waals surface area contributed by atoms with Crippen molar-refractivity contribution in [2.45, 2.75) is 6.92 Å². The van der Waals surface area contributed by atoms with Gasteiger partial charge in [-0.25, -0.2) is 8.78 Å². The van der Waals surface area contributed by atoms with Gasteiger partial charge in [-0.3, -0.25) is 9.59 Å². The van der Waals surface area contributed by atoms with E-state index in [-0.39, 0.29) is 18.0 Å². The Morgan fingerprint density at radius 1 is 0.955 bits per heavy atom. The topological polar surface area (TPSA) is 58.2 Å². The lowest BCUT2D eigenvalue weighted by molar-refractivity contribution is -0.114. The molecular formula is C16H14F2N2O2. The predicted molar refractivity (Wildman–Crippen MR) is 79.9 cm³/mol. The van der Waals surface area contributed by atoms with E-state index < -0.39 is 17.5 Å². The number of carbonyl (C=O) groups is 2. The molecule has 0 saturated heterocycles. The van der Waals surface area contributed by atoms with Crippen molar-refractivity contribution < 1.29 is 18.4 Å². The lowest BCUT2D eigenvalue weighted by Gasteiger charge is -2.08. The maximum Gasteiger partial charge on any atom is 0.243 e. The van der Waals surface area contributed by atoms with Gasteiger partial charge in [0.2, 0.25) is 5.91 Å². The van der Waals surface area contributed by atoms with Gasteiger partial charge < -0.3 is 10.6 Å². The number of Topliss-reactive ketones (excluding diaryl/α,β-unsaturated/α-hetero) is 1. The van der Waals surface area contributed by atoms with Crippen LogP contribution in [0.25, 0.3) is 0 Å². The maximum absolute atomic E-state index is 13.0. The van der Waals surface area contributed by atoms with Crippen LogP contribution in [0.2, 0.25) is 0 Å². The molecule has 2 rings (SSSR count). The maximum atomic E-state index is 13.0. The first-order valence-electron chi connectivity index (χ1n) is 6.55. The Bertz CT molecular complexity index is 700. The monoisotopic (exact) mass is 304 g/mol. The Labute approximate surface area is 126 Å². The van der Waals surface area contributed by atoms with E-state index in [1.165, 1.54) is 13.0 Å². The second kappa shape index (κ2) is 6.80. The zero-order valence-corrected chi connectivity index (χ0v) is 11.8. The minimum absolute atomic E-state index is 0.0392. The second-order valence-corrected chi connectivity index (χ2v) is 4.66. The Morgan fingerprint density at radius 2 is 1.59 bits per heavy atom.